The van der Waals surface area contributed by atoms with Gasteiger partial charge in [-0.1, -0.05) is 31.4 Å². The van der Waals surface area contributed by atoms with E-state index in [0.717, 1.165) is 37.1 Å². The van der Waals surface area contributed by atoms with Gasteiger partial charge in [0.2, 0.25) is 11.8 Å². The first-order valence-electron chi connectivity index (χ1n) is 10.7. The minimum absolute atomic E-state index is 0.0165. The highest BCUT2D eigenvalue weighted by molar-refractivity contribution is 5.95. The smallest absolute Gasteiger partial charge is 0.241 e. The molecule has 0 radical (unpaired) electrons. The Labute approximate surface area is 173 Å². The van der Waals surface area contributed by atoms with Crippen molar-refractivity contribution in [1.82, 2.24) is 15.5 Å². The Balaban J connectivity index is 1.62. The summed E-state index contributed by atoms with van der Waals surface area (Å²) >= 11 is 0. The van der Waals surface area contributed by atoms with Crippen molar-refractivity contribution in [2.45, 2.75) is 57.5 Å². The molecule has 7 nitrogen and oxygen atoms in total. The highest BCUT2D eigenvalue weighted by Crippen LogP contribution is 2.22. The third-order valence-electron chi connectivity index (χ3n) is 5.59. The third-order valence-corrected chi connectivity index (χ3v) is 5.59. The van der Waals surface area contributed by atoms with Gasteiger partial charge in [0.1, 0.15) is 0 Å². The van der Waals surface area contributed by atoms with Crippen molar-refractivity contribution in [2.24, 2.45) is 4.99 Å². The molecule has 1 saturated carbocycles. The normalized spacial score (nSPS) is 18.1. The van der Waals surface area contributed by atoms with Gasteiger partial charge in [0.25, 0.3) is 0 Å². The van der Waals surface area contributed by atoms with Crippen molar-refractivity contribution in [3.63, 3.8) is 0 Å². The van der Waals surface area contributed by atoms with Gasteiger partial charge >= 0.3 is 0 Å². The molecule has 0 atom stereocenters. The number of guanidine groups is 1. The summed E-state index contributed by atoms with van der Waals surface area (Å²) in [5.74, 6) is 0.901. The summed E-state index contributed by atoms with van der Waals surface area (Å²) in [7, 11) is 3.50. The zero-order chi connectivity index (χ0) is 20.6. The quantitative estimate of drug-likeness (QED) is 0.568. The minimum atomic E-state index is 0.0165. The van der Waals surface area contributed by atoms with Gasteiger partial charge in [-0.25, -0.2) is 4.99 Å². The second-order valence-electron chi connectivity index (χ2n) is 8.10. The van der Waals surface area contributed by atoms with Gasteiger partial charge < -0.3 is 20.4 Å². The van der Waals surface area contributed by atoms with E-state index in [1.807, 2.05) is 29.2 Å². The van der Waals surface area contributed by atoms with Gasteiger partial charge in [-0.3, -0.25) is 9.59 Å². The lowest BCUT2D eigenvalue weighted by Crippen LogP contribution is -2.47. The van der Waals surface area contributed by atoms with Gasteiger partial charge in [-0.05, 0) is 37.0 Å². The van der Waals surface area contributed by atoms with Crippen LogP contribution < -0.4 is 15.5 Å². The molecule has 2 N–H and O–H groups in total. The molecule has 2 fully saturated rings. The van der Waals surface area contributed by atoms with Crippen molar-refractivity contribution >= 4 is 23.5 Å². The molecule has 1 aliphatic heterocycles. The molecule has 1 aromatic rings. The summed E-state index contributed by atoms with van der Waals surface area (Å²) in [6.45, 7) is 1.55. The van der Waals surface area contributed by atoms with E-state index in [9.17, 15) is 9.59 Å². The van der Waals surface area contributed by atoms with E-state index >= 15 is 0 Å². The fraction of sp³-hybridized carbons (Fsp3) is 0.591. The number of amides is 2. The monoisotopic (exact) mass is 399 g/mol. The molecule has 1 heterocycles. The molecule has 2 amide bonds. The average molecular weight is 400 g/mol. The van der Waals surface area contributed by atoms with E-state index in [2.05, 4.69) is 10.6 Å². The van der Waals surface area contributed by atoms with Crippen molar-refractivity contribution in [3.05, 3.63) is 29.8 Å². The Kier molecular flexibility index (Phi) is 7.49. The van der Waals surface area contributed by atoms with E-state index in [1.54, 1.807) is 19.0 Å². The number of aliphatic imine (C=N–C) groups is 1. The highest BCUT2D eigenvalue weighted by atomic mass is 16.2. The van der Waals surface area contributed by atoms with Crippen LogP contribution in [0.15, 0.2) is 29.3 Å². The lowest BCUT2D eigenvalue weighted by atomic mass is 9.96. The molecule has 29 heavy (non-hydrogen) atoms. The van der Waals surface area contributed by atoms with E-state index in [1.165, 1.54) is 19.3 Å². The molecule has 3 rings (SSSR count). The van der Waals surface area contributed by atoms with Gasteiger partial charge in [-0.15, -0.1) is 0 Å². The first kappa shape index (κ1) is 21.1. The number of hydrogen-bond acceptors (Lipinski definition) is 3. The molecule has 2 aliphatic rings. The maximum atomic E-state index is 12.0. The topological polar surface area (TPSA) is 77.0 Å². The third kappa shape index (κ3) is 6.21. The van der Waals surface area contributed by atoms with E-state index in [-0.39, 0.29) is 18.4 Å². The molecule has 1 aliphatic carbocycles. The zero-order valence-electron chi connectivity index (χ0n) is 17.6. The molecule has 0 unspecified atom stereocenters. The average Bonchev–Trinajstić information content (AvgIpc) is 3.16. The molecule has 0 aromatic heterocycles. The zero-order valence-corrected chi connectivity index (χ0v) is 17.6. The second kappa shape index (κ2) is 10.3. The number of anilines is 1. The summed E-state index contributed by atoms with van der Waals surface area (Å²) < 4.78 is 0. The molecule has 0 spiro atoms. The van der Waals surface area contributed by atoms with Gasteiger partial charge in [0, 0.05) is 38.8 Å². The van der Waals surface area contributed by atoms with Crippen LogP contribution in [0.2, 0.25) is 0 Å². The lowest BCUT2D eigenvalue weighted by Gasteiger charge is -2.25. The second-order valence-corrected chi connectivity index (χ2v) is 8.10. The highest BCUT2D eigenvalue weighted by Gasteiger charge is 2.21. The molecule has 1 saturated heterocycles. The van der Waals surface area contributed by atoms with Crippen LogP contribution in [0.1, 0.15) is 50.5 Å². The van der Waals surface area contributed by atoms with Gasteiger partial charge in [0.05, 0.1) is 13.1 Å². The molecular formula is C22H33N5O2. The van der Waals surface area contributed by atoms with Crippen LogP contribution >= 0.6 is 0 Å². The fourth-order valence-corrected chi connectivity index (χ4v) is 3.78. The van der Waals surface area contributed by atoms with E-state index in [0.29, 0.717) is 25.0 Å². The van der Waals surface area contributed by atoms with Crippen LogP contribution in [0.4, 0.5) is 5.69 Å². The Morgan fingerprint density at radius 2 is 1.86 bits per heavy atom. The number of benzene rings is 1. The van der Waals surface area contributed by atoms with Crippen molar-refractivity contribution < 1.29 is 9.59 Å². The predicted octanol–water partition coefficient (Wildman–Crippen LogP) is 2.27. The van der Waals surface area contributed by atoms with Crippen molar-refractivity contribution in [3.8, 4) is 0 Å². The Hall–Kier alpha value is -2.57. The van der Waals surface area contributed by atoms with Crippen LogP contribution in [-0.2, 0) is 16.1 Å². The number of likely N-dealkylation sites (N-methyl/N-ethyl adjacent to an activating group) is 1. The molecule has 158 valence electrons. The minimum Gasteiger partial charge on any atom is -0.354 e. The summed E-state index contributed by atoms with van der Waals surface area (Å²) in [5, 5.41) is 6.67. The molecule has 0 bridgehead atoms. The summed E-state index contributed by atoms with van der Waals surface area (Å²) in [4.78, 5) is 32.0. The molecule has 7 heteroatoms. The number of nitrogens with one attached hydrogen (secondary N) is 2. The van der Waals surface area contributed by atoms with Crippen LogP contribution in [0, 0.1) is 0 Å². The largest absolute Gasteiger partial charge is 0.354 e. The standard InChI is InChI=1S/C22H33N5O2/c1-26(2)21(29)16-24-22(25-18-7-4-3-5-8-18)23-15-17-10-12-19(13-11-17)27-14-6-9-20(27)28/h10-13,18H,3-9,14-16H2,1-2H3,(H2,23,24,25). The number of carbonyl (C=O) groups excluding carboxylic acids is 2. The maximum Gasteiger partial charge on any atom is 0.241 e. The van der Waals surface area contributed by atoms with Crippen molar-refractivity contribution in [2.75, 3.05) is 32.1 Å². The summed E-state index contributed by atoms with van der Waals surface area (Å²) in [5.41, 5.74) is 2.03. The van der Waals surface area contributed by atoms with Crippen LogP contribution in [0.5, 0.6) is 0 Å². The Morgan fingerprint density at radius 1 is 1.14 bits per heavy atom. The van der Waals surface area contributed by atoms with Crippen LogP contribution in [0.3, 0.4) is 0 Å². The van der Waals surface area contributed by atoms with E-state index < -0.39 is 0 Å². The number of nitrogens with zero attached hydrogens (tertiary/aromatic N) is 3. The fourth-order valence-electron chi connectivity index (χ4n) is 3.78. The lowest BCUT2D eigenvalue weighted by molar-refractivity contribution is -0.127. The number of hydrogen-bond donors (Lipinski definition) is 2. The SMILES string of the molecule is CN(C)C(=O)CNC(=NCc1ccc(N2CCCC2=O)cc1)NC1CCCCC1. The van der Waals surface area contributed by atoms with Crippen molar-refractivity contribution in [1.29, 1.82) is 0 Å². The van der Waals surface area contributed by atoms with Gasteiger partial charge in [0.15, 0.2) is 5.96 Å². The van der Waals surface area contributed by atoms with E-state index in [4.69, 9.17) is 4.99 Å². The number of rotatable bonds is 6. The molecule has 1 aromatic carbocycles. The maximum absolute atomic E-state index is 12.0. The Bertz CT molecular complexity index is 723. The summed E-state index contributed by atoms with van der Waals surface area (Å²) in [6.07, 6.45) is 7.61. The number of carbonyl (C=O) groups is 2. The molecular weight excluding hydrogens is 366 g/mol. The Morgan fingerprint density at radius 3 is 2.48 bits per heavy atom. The first-order valence-corrected chi connectivity index (χ1v) is 10.7. The predicted molar refractivity (Wildman–Crippen MR) is 116 cm³/mol. The first-order chi connectivity index (χ1) is 14.0. The van der Waals surface area contributed by atoms with Gasteiger partial charge in [-0.2, -0.15) is 0 Å². The van der Waals surface area contributed by atoms with Crippen LogP contribution in [-0.4, -0.2) is 55.9 Å². The summed E-state index contributed by atoms with van der Waals surface area (Å²) in [6, 6.07) is 8.44. The van der Waals surface area contributed by atoms with Crippen LogP contribution in [0.25, 0.3) is 0 Å².